The Kier molecular flexibility index (Phi) is 3.85. The van der Waals surface area contributed by atoms with Crippen molar-refractivity contribution in [3.63, 3.8) is 0 Å². The van der Waals surface area contributed by atoms with Gasteiger partial charge in [0, 0.05) is 6.42 Å². The molecule has 0 N–H and O–H groups in total. The van der Waals surface area contributed by atoms with Gasteiger partial charge in [-0.2, -0.15) is 5.26 Å². The first-order valence-electron chi connectivity index (χ1n) is 2.46. The Balaban J connectivity index is 3.48. The van der Waals surface area contributed by atoms with Crippen molar-refractivity contribution in [2.24, 2.45) is 0 Å². The lowest BCUT2D eigenvalue weighted by Crippen LogP contribution is -2.15. The van der Waals surface area contributed by atoms with Crippen molar-refractivity contribution in [1.82, 2.24) is 0 Å². The van der Waals surface area contributed by atoms with Crippen LogP contribution in [0.1, 0.15) is 6.42 Å². The molecule has 0 heterocycles. The Morgan fingerprint density at radius 3 is 2.33 bits per heavy atom. The smallest absolute Gasteiger partial charge is 0.217 e. The summed E-state index contributed by atoms with van der Waals surface area (Å²) in [5.41, 5.74) is 0. The molecule has 2 unspecified atom stereocenters. The zero-order valence-electron chi connectivity index (χ0n) is 4.65. The molecule has 52 valence electrons. The van der Waals surface area contributed by atoms with Gasteiger partial charge in [0.15, 0.2) is 0 Å². The standard InChI is InChI=1S/C5H6F3N/c6-2-1-4(7)5(8)3-9/h4-5H,1-2H2. The van der Waals surface area contributed by atoms with Crippen LogP contribution in [0.5, 0.6) is 0 Å². The summed E-state index contributed by atoms with van der Waals surface area (Å²) in [7, 11) is 0. The Morgan fingerprint density at radius 1 is 1.44 bits per heavy atom. The molecule has 0 spiro atoms. The van der Waals surface area contributed by atoms with Crippen LogP contribution in [0.3, 0.4) is 0 Å². The van der Waals surface area contributed by atoms with Crippen LogP contribution in [0.4, 0.5) is 13.2 Å². The minimum Gasteiger partial charge on any atom is -0.251 e. The molecule has 2 atom stereocenters. The maximum atomic E-state index is 12.0. The van der Waals surface area contributed by atoms with Gasteiger partial charge < -0.3 is 0 Å². The Morgan fingerprint density at radius 2 is 2.00 bits per heavy atom. The second-order valence-electron chi connectivity index (χ2n) is 1.52. The number of rotatable bonds is 3. The van der Waals surface area contributed by atoms with Crippen LogP contribution in [0.15, 0.2) is 0 Å². The van der Waals surface area contributed by atoms with Crippen LogP contribution >= 0.6 is 0 Å². The van der Waals surface area contributed by atoms with Crippen molar-refractivity contribution in [1.29, 1.82) is 5.26 Å². The highest BCUT2D eigenvalue weighted by atomic mass is 19.2. The minimum absolute atomic E-state index is 0.533. The fourth-order valence-corrected chi connectivity index (χ4v) is 0.331. The van der Waals surface area contributed by atoms with Crippen LogP contribution < -0.4 is 0 Å². The largest absolute Gasteiger partial charge is 0.251 e. The molecule has 0 bridgehead atoms. The van der Waals surface area contributed by atoms with Gasteiger partial charge in [-0.05, 0) is 0 Å². The molecule has 0 aliphatic carbocycles. The Bertz CT molecular complexity index is 109. The maximum Gasteiger partial charge on any atom is 0.217 e. The van der Waals surface area contributed by atoms with Crippen LogP contribution in [0, 0.1) is 11.3 Å². The zero-order valence-corrected chi connectivity index (χ0v) is 4.65. The van der Waals surface area contributed by atoms with Crippen LogP contribution in [0.25, 0.3) is 0 Å². The number of halogens is 3. The SMILES string of the molecule is N#CC(F)C(F)CCF. The normalized spacial score (nSPS) is 16.2. The first kappa shape index (κ1) is 8.28. The van der Waals surface area contributed by atoms with Gasteiger partial charge in [-0.25, -0.2) is 8.78 Å². The van der Waals surface area contributed by atoms with E-state index in [1.54, 1.807) is 0 Å². The molecule has 0 saturated carbocycles. The monoisotopic (exact) mass is 137 g/mol. The first-order valence-corrected chi connectivity index (χ1v) is 2.46. The van der Waals surface area contributed by atoms with E-state index < -0.39 is 25.4 Å². The molecular weight excluding hydrogens is 131 g/mol. The number of hydrogen-bond donors (Lipinski definition) is 0. The van der Waals surface area contributed by atoms with E-state index in [-0.39, 0.29) is 0 Å². The van der Waals surface area contributed by atoms with Crippen LogP contribution in [0.2, 0.25) is 0 Å². The lowest BCUT2D eigenvalue weighted by atomic mass is 10.2. The summed E-state index contributed by atoms with van der Waals surface area (Å²) in [4.78, 5) is 0. The highest BCUT2D eigenvalue weighted by molar-refractivity contribution is 4.88. The molecular formula is C5H6F3N. The van der Waals surface area contributed by atoms with E-state index in [9.17, 15) is 13.2 Å². The predicted molar refractivity (Wildman–Crippen MR) is 26.0 cm³/mol. The van der Waals surface area contributed by atoms with Gasteiger partial charge in [-0.15, -0.1) is 0 Å². The molecule has 0 amide bonds. The van der Waals surface area contributed by atoms with Gasteiger partial charge >= 0.3 is 0 Å². The van der Waals surface area contributed by atoms with Crippen molar-refractivity contribution < 1.29 is 13.2 Å². The van der Waals surface area contributed by atoms with E-state index in [1.807, 2.05) is 0 Å². The Hall–Kier alpha value is -0.720. The van der Waals surface area contributed by atoms with Crippen molar-refractivity contribution in [3.05, 3.63) is 0 Å². The third-order valence-corrected chi connectivity index (χ3v) is 0.826. The topological polar surface area (TPSA) is 23.8 Å². The third kappa shape index (κ3) is 2.96. The molecule has 0 rings (SSSR count). The summed E-state index contributed by atoms with van der Waals surface area (Å²) in [5, 5.41) is 7.74. The van der Waals surface area contributed by atoms with Crippen molar-refractivity contribution in [2.75, 3.05) is 6.67 Å². The highest BCUT2D eigenvalue weighted by Crippen LogP contribution is 2.06. The van der Waals surface area contributed by atoms with Crippen LogP contribution in [-0.2, 0) is 0 Å². The molecule has 0 aliphatic heterocycles. The van der Waals surface area contributed by atoms with Gasteiger partial charge in [0.1, 0.15) is 12.2 Å². The molecule has 0 aliphatic rings. The summed E-state index contributed by atoms with van der Waals surface area (Å²) < 4.78 is 35.0. The van der Waals surface area contributed by atoms with E-state index in [0.29, 0.717) is 0 Å². The van der Waals surface area contributed by atoms with Crippen LogP contribution in [-0.4, -0.2) is 19.0 Å². The fourth-order valence-electron chi connectivity index (χ4n) is 0.331. The molecule has 0 aromatic rings. The average molecular weight is 137 g/mol. The van der Waals surface area contributed by atoms with E-state index in [1.165, 1.54) is 0 Å². The molecule has 0 aromatic heterocycles. The predicted octanol–water partition coefficient (Wildman–Crippen LogP) is 1.55. The Labute approximate surface area is 51.1 Å². The van der Waals surface area contributed by atoms with Crippen molar-refractivity contribution >= 4 is 0 Å². The van der Waals surface area contributed by atoms with E-state index in [2.05, 4.69) is 0 Å². The molecule has 4 heteroatoms. The lowest BCUT2D eigenvalue weighted by Gasteiger charge is -2.01. The lowest BCUT2D eigenvalue weighted by molar-refractivity contribution is 0.187. The molecule has 0 saturated heterocycles. The summed E-state index contributed by atoms with van der Waals surface area (Å²) in [5.74, 6) is 0. The van der Waals surface area contributed by atoms with Crippen molar-refractivity contribution in [2.45, 2.75) is 18.8 Å². The van der Waals surface area contributed by atoms with Gasteiger partial charge in [0.2, 0.25) is 6.17 Å². The summed E-state index contributed by atoms with van der Waals surface area (Å²) >= 11 is 0. The number of nitriles is 1. The zero-order chi connectivity index (χ0) is 7.28. The minimum atomic E-state index is -2.18. The van der Waals surface area contributed by atoms with Gasteiger partial charge in [0.25, 0.3) is 0 Å². The summed E-state index contributed by atoms with van der Waals surface area (Å²) in [6.07, 6.45) is -4.69. The summed E-state index contributed by atoms with van der Waals surface area (Å²) in [6, 6.07) is 1.04. The maximum absolute atomic E-state index is 12.0. The van der Waals surface area contributed by atoms with E-state index in [0.717, 1.165) is 6.07 Å². The van der Waals surface area contributed by atoms with E-state index in [4.69, 9.17) is 5.26 Å². The average Bonchev–Trinajstić information content (AvgIpc) is 1.87. The van der Waals surface area contributed by atoms with Gasteiger partial charge in [-0.3, -0.25) is 4.39 Å². The molecule has 9 heavy (non-hydrogen) atoms. The van der Waals surface area contributed by atoms with Gasteiger partial charge in [0.05, 0.1) is 6.67 Å². The first-order chi connectivity index (χ1) is 4.22. The number of hydrogen-bond acceptors (Lipinski definition) is 1. The fraction of sp³-hybridized carbons (Fsp3) is 0.800. The highest BCUT2D eigenvalue weighted by Gasteiger charge is 2.18. The molecule has 0 radical (unpaired) electrons. The van der Waals surface area contributed by atoms with E-state index >= 15 is 0 Å². The quantitative estimate of drug-likeness (QED) is 0.578. The second-order valence-corrected chi connectivity index (χ2v) is 1.52. The third-order valence-electron chi connectivity index (χ3n) is 0.826. The number of alkyl halides is 3. The molecule has 0 aromatic carbocycles. The molecule has 0 fully saturated rings. The second kappa shape index (κ2) is 4.19. The van der Waals surface area contributed by atoms with Crippen molar-refractivity contribution in [3.8, 4) is 6.07 Å². The summed E-state index contributed by atoms with van der Waals surface area (Å²) in [6.45, 7) is -0.927. The number of nitrogens with zero attached hydrogens (tertiary/aromatic N) is 1. The van der Waals surface area contributed by atoms with Gasteiger partial charge in [-0.1, -0.05) is 0 Å². The molecule has 1 nitrogen and oxygen atoms in total.